The van der Waals surface area contributed by atoms with Crippen LogP contribution in [-0.2, 0) is 0 Å². The van der Waals surface area contributed by atoms with Gasteiger partial charge in [-0.15, -0.1) is 0 Å². The van der Waals surface area contributed by atoms with E-state index in [0.717, 1.165) is 54.4 Å². The van der Waals surface area contributed by atoms with Crippen molar-refractivity contribution < 1.29 is 4.74 Å². The van der Waals surface area contributed by atoms with Gasteiger partial charge in [0.2, 0.25) is 0 Å². The highest BCUT2D eigenvalue weighted by molar-refractivity contribution is 5.72. The predicted molar refractivity (Wildman–Crippen MR) is 125 cm³/mol. The minimum absolute atomic E-state index is 0.868. The van der Waals surface area contributed by atoms with Gasteiger partial charge in [-0.2, -0.15) is 0 Å². The van der Waals surface area contributed by atoms with E-state index in [0.29, 0.717) is 0 Å². The summed E-state index contributed by atoms with van der Waals surface area (Å²) in [6, 6.07) is 12.6. The Morgan fingerprint density at radius 2 is 1.87 bits per heavy atom. The molecule has 1 fully saturated rings. The summed E-state index contributed by atoms with van der Waals surface area (Å²) in [7, 11) is 1.70. The molecule has 0 atom stereocenters. The number of nitrogens with one attached hydrogen (secondary N) is 2. The molecule has 1 aromatic carbocycles. The van der Waals surface area contributed by atoms with Crippen molar-refractivity contribution in [2.24, 2.45) is 0 Å². The molecule has 1 saturated heterocycles. The Hall–Kier alpha value is -2.37. The number of anilines is 1. The molecule has 0 bridgehead atoms. The van der Waals surface area contributed by atoms with Crippen LogP contribution < -0.4 is 15.4 Å². The van der Waals surface area contributed by atoms with Gasteiger partial charge >= 0.3 is 0 Å². The third kappa shape index (κ3) is 5.61. The minimum Gasteiger partial charge on any atom is -0.497 e. The lowest BCUT2D eigenvalue weighted by Gasteiger charge is -2.26. The molecular formula is C25H34N4O. The number of rotatable bonds is 8. The molecule has 0 aliphatic carbocycles. The van der Waals surface area contributed by atoms with Gasteiger partial charge in [0, 0.05) is 24.3 Å². The van der Waals surface area contributed by atoms with Crippen molar-refractivity contribution in [3.63, 3.8) is 0 Å². The summed E-state index contributed by atoms with van der Waals surface area (Å²) < 4.78 is 5.31. The van der Waals surface area contributed by atoms with Gasteiger partial charge in [0.15, 0.2) is 0 Å². The standard InChI is InChI=1S/C25H34N4O/c1-30-23-8-6-20(7-9-23)24-18-22(19-25(28-24)21-10-13-26-14-11-21)27-12-5-17-29-15-3-2-4-16-29/h6-10,18-19,26H,2-5,11-17H2,1H3,(H,27,28). The first-order chi connectivity index (χ1) is 14.8. The zero-order chi connectivity index (χ0) is 20.6. The van der Waals surface area contributed by atoms with Crippen LogP contribution in [-0.4, -0.2) is 56.3 Å². The highest BCUT2D eigenvalue weighted by Gasteiger charge is 2.12. The first-order valence-corrected chi connectivity index (χ1v) is 11.3. The molecule has 0 spiro atoms. The fraction of sp³-hybridized carbons (Fsp3) is 0.480. The van der Waals surface area contributed by atoms with E-state index in [1.54, 1.807) is 7.11 Å². The topological polar surface area (TPSA) is 49.4 Å². The molecule has 1 aromatic heterocycles. The third-order valence-corrected chi connectivity index (χ3v) is 6.03. The predicted octanol–water partition coefficient (Wildman–Crippen LogP) is 4.42. The number of likely N-dealkylation sites (tertiary alicyclic amines) is 1. The molecular weight excluding hydrogens is 372 g/mol. The summed E-state index contributed by atoms with van der Waals surface area (Å²) in [6.45, 7) is 6.64. The minimum atomic E-state index is 0.868. The second-order valence-electron chi connectivity index (χ2n) is 8.22. The maximum absolute atomic E-state index is 5.31. The molecule has 30 heavy (non-hydrogen) atoms. The molecule has 0 radical (unpaired) electrons. The van der Waals surface area contributed by atoms with E-state index in [2.05, 4.69) is 45.9 Å². The van der Waals surface area contributed by atoms with E-state index in [1.165, 1.54) is 50.9 Å². The molecule has 3 heterocycles. The van der Waals surface area contributed by atoms with E-state index in [4.69, 9.17) is 9.72 Å². The highest BCUT2D eigenvalue weighted by Crippen LogP contribution is 2.28. The van der Waals surface area contributed by atoms with Crippen molar-refractivity contribution in [2.75, 3.05) is 51.7 Å². The smallest absolute Gasteiger partial charge is 0.118 e. The van der Waals surface area contributed by atoms with E-state index in [9.17, 15) is 0 Å². The summed E-state index contributed by atoms with van der Waals surface area (Å²) in [6.07, 6.45) is 8.57. The molecule has 2 aliphatic rings. The van der Waals surface area contributed by atoms with Crippen LogP contribution in [0.15, 0.2) is 42.5 Å². The number of piperidine rings is 1. The lowest BCUT2D eigenvalue weighted by Crippen LogP contribution is -2.31. The fourth-order valence-corrected chi connectivity index (χ4v) is 4.28. The van der Waals surface area contributed by atoms with Crippen LogP contribution in [0.5, 0.6) is 5.75 Å². The molecule has 2 aliphatic heterocycles. The summed E-state index contributed by atoms with van der Waals surface area (Å²) in [5.74, 6) is 0.868. The summed E-state index contributed by atoms with van der Waals surface area (Å²) >= 11 is 0. The van der Waals surface area contributed by atoms with Gasteiger partial charge in [-0.25, -0.2) is 4.98 Å². The Morgan fingerprint density at radius 3 is 2.60 bits per heavy atom. The monoisotopic (exact) mass is 406 g/mol. The Morgan fingerprint density at radius 1 is 1.07 bits per heavy atom. The van der Waals surface area contributed by atoms with Crippen molar-refractivity contribution in [2.45, 2.75) is 32.1 Å². The largest absolute Gasteiger partial charge is 0.497 e. The third-order valence-electron chi connectivity index (χ3n) is 6.03. The number of hydrogen-bond donors (Lipinski definition) is 2. The molecule has 0 unspecified atom stereocenters. The van der Waals surface area contributed by atoms with Gasteiger partial charge in [-0.05, 0) is 93.8 Å². The van der Waals surface area contributed by atoms with Crippen LogP contribution in [0.25, 0.3) is 16.8 Å². The van der Waals surface area contributed by atoms with E-state index in [1.807, 2.05) is 12.1 Å². The molecule has 5 heteroatoms. The van der Waals surface area contributed by atoms with Crippen LogP contribution in [0.2, 0.25) is 0 Å². The number of aromatic nitrogens is 1. The van der Waals surface area contributed by atoms with Crippen LogP contribution in [0.4, 0.5) is 5.69 Å². The number of ether oxygens (including phenoxy) is 1. The van der Waals surface area contributed by atoms with Crippen molar-refractivity contribution in [1.29, 1.82) is 0 Å². The van der Waals surface area contributed by atoms with E-state index in [-0.39, 0.29) is 0 Å². The van der Waals surface area contributed by atoms with Crippen LogP contribution >= 0.6 is 0 Å². The quantitative estimate of drug-likeness (QED) is 0.636. The van der Waals surface area contributed by atoms with Crippen LogP contribution in [0, 0.1) is 0 Å². The van der Waals surface area contributed by atoms with E-state index < -0.39 is 0 Å². The molecule has 0 saturated carbocycles. The number of benzene rings is 1. The van der Waals surface area contributed by atoms with E-state index >= 15 is 0 Å². The second-order valence-corrected chi connectivity index (χ2v) is 8.22. The average Bonchev–Trinajstić information content (AvgIpc) is 2.83. The van der Waals surface area contributed by atoms with Crippen molar-refractivity contribution in [1.82, 2.24) is 15.2 Å². The molecule has 2 N–H and O–H groups in total. The fourth-order valence-electron chi connectivity index (χ4n) is 4.28. The van der Waals surface area contributed by atoms with Crippen molar-refractivity contribution in [3.05, 3.63) is 48.2 Å². The highest BCUT2D eigenvalue weighted by atomic mass is 16.5. The Bertz CT molecular complexity index is 841. The van der Waals surface area contributed by atoms with Crippen LogP contribution in [0.1, 0.15) is 37.8 Å². The average molecular weight is 407 g/mol. The van der Waals surface area contributed by atoms with Gasteiger partial charge in [-0.1, -0.05) is 12.5 Å². The maximum atomic E-state index is 5.31. The zero-order valence-corrected chi connectivity index (χ0v) is 18.1. The summed E-state index contributed by atoms with van der Waals surface area (Å²) in [5, 5.41) is 7.05. The van der Waals surface area contributed by atoms with Gasteiger partial charge in [-0.3, -0.25) is 0 Å². The van der Waals surface area contributed by atoms with Crippen molar-refractivity contribution in [3.8, 4) is 17.0 Å². The first kappa shape index (κ1) is 20.9. The lowest BCUT2D eigenvalue weighted by molar-refractivity contribution is 0.228. The van der Waals surface area contributed by atoms with Gasteiger partial charge < -0.3 is 20.3 Å². The lowest BCUT2D eigenvalue weighted by atomic mass is 10.0. The number of nitrogens with zero attached hydrogens (tertiary/aromatic N) is 2. The van der Waals surface area contributed by atoms with Gasteiger partial charge in [0.1, 0.15) is 5.75 Å². The number of pyridine rings is 1. The SMILES string of the molecule is COc1ccc(-c2cc(NCCCN3CCCCC3)cc(C3=CCNCC3)n2)cc1. The molecule has 5 nitrogen and oxygen atoms in total. The summed E-state index contributed by atoms with van der Waals surface area (Å²) in [4.78, 5) is 7.60. The summed E-state index contributed by atoms with van der Waals surface area (Å²) in [5.41, 5.74) is 5.70. The molecule has 160 valence electrons. The zero-order valence-electron chi connectivity index (χ0n) is 18.1. The molecule has 4 rings (SSSR count). The maximum Gasteiger partial charge on any atom is 0.118 e. The first-order valence-electron chi connectivity index (χ1n) is 11.3. The van der Waals surface area contributed by atoms with Gasteiger partial charge in [0.25, 0.3) is 0 Å². The number of hydrogen-bond acceptors (Lipinski definition) is 5. The normalized spacial score (nSPS) is 17.4. The van der Waals surface area contributed by atoms with Gasteiger partial charge in [0.05, 0.1) is 18.5 Å². The number of methoxy groups -OCH3 is 1. The second kappa shape index (κ2) is 10.6. The van der Waals surface area contributed by atoms with Crippen LogP contribution in [0.3, 0.4) is 0 Å². The Labute approximate surface area is 180 Å². The molecule has 0 amide bonds. The Balaban J connectivity index is 1.48. The van der Waals surface area contributed by atoms with Crippen molar-refractivity contribution >= 4 is 11.3 Å². The Kier molecular flexibility index (Phi) is 7.38. The molecule has 2 aromatic rings.